The van der Waals surface area contributed by atoms with Crippen LogP contribution < -0.4 is 11.5 Å². The summed E-state index contributed by atoms with van der Waals surface area (Å²) in [4.78, 5) is 19.9. The van der Waals surface area contributed by atoms with Crippen molar-refractivity contribution >= 4 is 35.9 Å². The molecular weight excluding hydrogens is 251 g/mol. The number of hydrogen-bond acceptors (Lipinski definition) is 3. The van der Waals surface area contributed by atoms with Gasteiger partial charge >= 0.3 is 5.97 Å². The molecule has 5 N–H and O–H groups in total. The maximum Gasteiger partial charge on any atom is 0.321 e. The predicted octanol–water partition coefficient (Wildman–Crippen LogP) is -1.11. The number of amides is 1. The van der Waals surface area contributed by atoms with Gasteiger partial charge in [0.05, 0.1) is 6.42 Å². The Kier molecular flexibility index (Phi) is 6.67. The molecule has 5 nitrogen and oxygen atoms in total. The molecule has 0 bridgehead atoms. The molecule has 0 spiro atoms. The number of nitrogens with two attached hydrogens (primary N) is 2. The van der Waals surface area contributed by atoms with Crippen molar-refractivity contribution in [1.82, 2.24) is 0 Å². The van der Waals surface area contributed by atoms with Crippen molar-refractivity contribution < 1.29 is 14.7 Å². The largest absolute Gasteiger partial charge is 0.480 e. The highest BCUT2D eigenvalue weighted by molar-refractivity contribution is 14.0. The molecule has 1 atom stereocenters. The first-order chi connectivity index (χ1) is 4.04. The molecule has 0 aromatic heterocycles. The molecule has 0 aromatic rings. The number of halogens is 1. The molecule has 0 fully saturated rings. The molecular formula is C4H9IN2O3. The fourth-order valence-corrected chi connectivity index (χ4v) is 0.304. The molecule has 0 heterocycles. The van der Waals surface area contributed by atoms with E-state index >= 15 is 0 Å². The van der Waals surface area contributed by atoms with Crippen LogP contribution in [0.3, 0.4) is 0 Å². The average Bonchev–Trinajstić information content (AvgIpc) is 1.63. The van der Waals surface area contributed by atoms with Gasteiger partial charge < -0.3 is 16.6 Å². The van der Waals surface area contributed by atoms with E-state index in [1.165, 1.54) is 0 Å². The zero-order chi connectivity index (χ0) is 7.44. The smallest absolute Gasteiger partial charge is 0.321 e. The van der Waals surface area contributed by atoms with Gasteiger partial charge in [-0.05, 0) is 0 Å². The van der Waals surface area contributed by atoms with E-state index in [1.807, 2.05) is 0 Å². The first kappa shape index (κ1) is 12.3. The van der Waals surface area contributed by atoms with Crippen LogP contribution in [0.5, 0.6) is 0 Å². The van der Waals surface area contributed by atoms with E-state index in [0.29, 0.717) is 0 Å². The number of carbonyl (C=O) groups is 2. The van der Waals surface area contributed by atoms with Crippen molar-refractivity contribution in [3.8, 4) is 0 Å². The Morgan fingerprint density at radius 1 is 1.50 bits per heavy atom. The lowest BCUT2D eigenvalue weighted by Crippen LogP contribution is -2.34. The minimum Gasteiger partial charge on any atom is -0.480 e. The van der Waals surface area contributed by atoms with Gasteiger partial charge in [0, 0.05) is 0 Å². The van der Waals surface area contributed by atoms with E-state index in [1.54, 1.807) is 0 Å². The van der Waals surface area contributed by atoms with Gasteiger partial charge in [-0.25, -0.2) is 0 Å². The maximum atomic E-state index is 9.99. The monoisotopic (exact) mass is 260 g/mol. The highest BCUT2D eigenvalue weighted by Crippen LogP contribution is 1.84. The zero-order valence-corrected chi connectivity index (χ0v) is 7.44. The second kappa shape index (κ2) is 5.42. The van der Waals surface area contributed by atoms with E-state index in [-0.39, 0.29) is 30.4 Å². The molecule has 10 heavy (non-hydrogen) atoms. The Labute approximate surface area is 74.8 Å². The molecule has 0 aliphatic carbocycles. The quantitative estimate of drug-likeness (QED) is 0.559. The summed E-state index contributed by atoms with van der Waals surface area (Å²) in [6.07, 6.45) is -0.310. The van der Waals surface area contributed by atoms with Crippen LogP contribution in [-0.2, 0) is 9.59 Å². The molecule has 6 heteroatoms. The van der Waals surface area contributed by atoms with Crippen LogP contribution in [0.25, 0.3) is 0 Å². The summed E-state index contributed by atoms with van der Waals surface area (Å²) >= 11 is 0. The molecule has 0 aromatic carbocycles. The van der Waals surface area contributed by atoms with Gasteiger partial charge in [0.25, 0.3) is 0 Å². The number of carboxylic acid groups (broad SMARTS) is 1. The first-order valence-electron chi connectivity index (χ1n) is 2.30. The van der Waals surface area contributed by atoms with Gasteiger partial charge in [0.15, 0.2) is 0 Å². The third kappa shape index (κ3) is 5.76. The van der Waals surface area contributed by atoms with Crippen LogP contribution in [0, 0.1) is 0 Å². The lowest BCUT2D eigenvalue weighted by molar-refractivity contribution is -0.140. The van der Waals surface area contributed by atoms with Crippen LogP contribution in [0.1, 0.15) is 6.42 Å². The van der Waals surface area contributed by atoms with Crippen LogP contribution in [0.4, 0.5) is 0 Å². The molecule has 0 saturated carbocycles. The number of carboxylic acids is 1. The third-order valence-corrected chi connectivity index (χ3v) is 0.738. The van der Waals surface area contributed by atoms with Gasteiger partial charge in [0.2, 0.25) is 5.91 Å². The van der Waals surface area contributed by atoms with Gasteiger partial charge in [0.1, 0.15) is 6.04 Å². The molecule has 0 rings (SSSR count). The van der Waals surface area contributed by atoms with Crippen LogP contribution >= 0.6 is 24.0 Å². The highest BCUT2D eigenvalue weighted by Gasteiger charge is 2.13. The maximum absolute atomic E-state index is 9.99. The van der Waals surface area contributed by atoms with E-state index in [4.69, 9.17) is 10.8 Å². The number of hydrogen-bond donors (Lipinski definition) is 3. The van der Waals surface area contributed by atoms with Gasteiger partial charge in [-0.15, -0.1) is 24.0 Å². The fourth-order valence-electron chi connectivity index (χ4n) is 0.304. The topological polar surface area (TPSA) is 106 Å². The lowest BCUT2D eigenvalue weighted by atomic mass is 10.2. The van der Waals surface area contributed by atoms with Crippen molar-refractivity contribution in [2.45, 2.75) is 12.5 Å². The molecule has 0 radical (unpaired) electrons. The standard InChI is InChI=1S/C4H8N2O3.HI/c5-2(4(8)9)1-3(6)7;/h2H,1,5H2,(H2,6,7)(H,8,9);1H/t2-;/m0./s1. The second-order valence-corrected chi connectivity index (χ2v) is 1.62. The lowest BCUT2D eigenvalue weighted by Gasteiger charge is -1.99. The van der Waals surface area contributed by atoms with Gasteiger partial charge in [-0.3, -0.25) is 9.59 Å². The second-order valence-electron chi connectivity index (χ2n) is 1.62. The molecule has 1 amide bonds. The third-order valence-electron chi connectivity index (χ3n) is 0.738. The molecule has 0 aliphatic rings. The predicted molar refractivity (Wildman–Crippen MR) is 44.8 cm³/mol. The zero-order valence-electron chi connectivity index (χ0n) is 5.11. The van der Waals surface area contributed by atoms with Crippen molar-refractivity contribution in [1.29, 1.82) is 0 Å². The van der Waals surface area contributed by atoms with E-state index < -0.39 is 17.9 Å². The molecule has 60 valence electrons. The van der Waals surface area contributed by atoms with Crippen molar-refractivity contribution in [3.05, 3.63) is 0 Å². The first-order valence-corrected chi connectivity index (χ1v) is 2.30. The van der Waals surface area contributed by atoms with Crippen LogP contribution in [0.2, 0.25) is 0 Å². The minimum absolute atomic E-state index is 0. The Bertz CT molecular complexity index is 138. The number of aliphatic carboxylic acids is 1. The summed E-state index contributed by atoms with van der Waals surface area (Å²) in [5, 5.41) is 8.10. The number of primary amides is 1. The summed E-state index contributed by atoms with van der Waals surface area (Å²) in [5.41, 5.74) is 9.57. The van der Waals surface area contributed by atoms with Gasteiger partial charge in [-0.1, -0.05) is 0 Å². The van der Waals surface area contributed by atoms with Crippen molar-refractivity contribution in [2.75, 3.05) is 0 Å². The summed E-state index contributed by atoms with van der Waals surface area (Å²) in [7, 11) is 0. The van der Waals surface area contributed by atoms with Gasteiger partial charge in [-0.2, -0.15) is 0 Å². The summed E-state index contributed by atoms with van der Waals surface area (Å²) in [5.74, 6) is -1.92. The van der Waals surface area contributed by atoms with Crippen molar-refractivity contribution in [3.63, 3.8) is 0 Å². The minimum atomic E-state index is -1.21. The highest BCUT2D eigenvalue weighted by atomic mass is 127. The fraction of sp³-hybridized carbons (Fsp3) is 0.500. The number of rotatable bonds is 3. The Hall–Kier alpha value is -0.370. The van der Waals surface area contributed by atoms with E-state index in [0.717, 1.165) is 0 Å². The van der Waals surface area contributed by atoms with E-state index in [9.17, 15) is 9.59 Å². The Morgan fingerprint density at radius 3 is 2.00 bits per heavy atom. The average molecular weight is 260 g/mol. The molecule has 0 aliphatic heterocycles. The Balaban J connectivity index is 0. The van der Waals surface area contributed by atoms with Crippen LogP contribution in [0.15, 0.2) is 0 Å². The summed E-state index contributed by atoms with van der Waals surface area (Å²) in [6, 6.07) is -1.16. The van der Waals surface area contributed by atoms with Crippen molar-refractivity contribution in [2.24, 2.45) is 11.5 Å². The molecule has 0 saturated heterocycles. The van der Waals surface area contributed by atoms with E-state index in [2.05, 4.69) is 5.73 Å². The molecule has 0 unspecified atom stereocenters. The normalized spacial score (nSPS) is 11.3. The summed E-state index contributed by atoms with van der Waals surface area (Å²) in [6.45, 7) is 0. The summed E-state index contributed by atoms with van der Waals surface area (Å²) < 4.78 is 0. The number of carbonyl (C=O) groups excluding carboxylic acids is 1. The SMILES string of the molecule is I.NC(=O)C[C@H](N)C(=O)O. The van der Waals surface area contributed by atoms with Crippen LogP contribution in [-0.4, -0.2) is 23.0 Å². The Morgan fingerprint density at radius 2 is 1.90 bits per heavy atom.